The summed E-state index contributed by atoms with van der Waals surface area (Å²) in [4.78, 5) is 1.40. The first-order valence-electron chi connectivity index (χ1n) is 7.56. The molecule has 0 bridgehead atoms. The lowest BCUT2D eigenvalue weighted by atomic mass is 9.98. The summed E-state index contributed by atoms with van der Waals surface area (Å²) in [6, 6.07) is 2.67. The topological polar surface area (TPSA) is 44.7 Å². The van der Waals surface area contributed by atoms with Gasteiger partial charge in [0.2, 0.25) is 0 Å². The van der Waals surface area contributed by atoms with Crippen LogP contribution in [0.5, 0.6) is 5.75 Å². The second-order valence-corrected chi connectivity index (χ2v) is 5.64. The zero-order valence-corrected chi connectivity index (χ0v) is 13.1. The largest absolute Gasteiger partial charge is 0.461 e. The molecule has 1 aliphatic rings. The molecule has 0 aromatic heterocycles. The molecule has 25 heavy (non-hydrogen) atoms. The van der Waals surface area contributed by atoms with E-state index in [2.05, 4.69) is 10.1 Å². The maximum Gasteiger partial charge on any atom is 0.461 e. The van der Waals surface area contributed by atoms with Gasteiger partial charge in [0.25, 0.3) is 5.92 Å². The van der Waals surface area contributed by atoms with Gasteiger partial charge < -0.3 is 15.2 Å². The maximum atomic E-state index is 14.3. The van der Waals surface area contributed by atoms with Crippen LogP contribution < -0.4 is 10.1 Å². The molecule has 1 saturated heterocycles. The Bertz CT molecular complexity index is 567. The van der Waals surface area contributed by atoms with Crippen LogP contribution in [0.15, 0.2) is 24.3 Å². The zero-order chi connectivity index (χ0) is 18.7. The first-order chi connectivity index (χ1) is 11.7. The van der Waals surface area contributed by atoms with E-state index in [-0.39, 0.29) is 18.7 Å². The van der Waals surface area contributed by atoms with Crippen molar-refractivity contribution in [2.45, 2.75) is 24.5 Å². The van der Waals surface area contributed by atoms with E-state index in [0.29, 0.717) is 13.1 Å². The highest BCUT2D eigenvalue weighted by atomic mass is 19.3. The highest BCUT2D eigenvalue weighted by molar-refractivity contribution is 5.32. The Balaban J connectivity index is 2.32. The van der Waals surface area contributed by atoms with Gasteiger partial charge in [-0.25, -0.2) is 8.78 Å². The van der Waals surface area contributed by atoms with Gasteiger partial charge in [0.15, 0.2) is 0 Å². The van der Waals surface area contributed by atoms with Gasteiger partial charge in [-0.1, -0.05) is 12.1 Å². The summed E-state index contributed by atoms with van der Waals surface area (Å²) in [6.45, 7) is -0.0632. The normalized spacial score (nSPS) is 18.4. The number of aliphatic hydroxyl groups excluding tert-OH is 1. The molecule has 1 fully saturated rings. The van der Waals surface area contributed by atoms with Gasteiger partial charge >= 0.3 is 12.5 Å². The van der Waals surface area contributed by atoms with E-state index in [0.717, 1.165) is 18.2 Å². The summed E-state index contributed by atoms with van der Waals surface area (Å²) in [6.07, 6.45) is -8.79. The first kappa shape index (κ1) is 19.8. The van der Waals surface area contributed by atoms with Crippen LogP contribution in [0.2, 0.25) is 0 Å². The average Bonchev–Trinajstić information content (AvgIpc) is 2.55. The van der Waals surface area contributed by atoms with Crippen LogP contribution in [-0.2, 0) is 0 Å². The van der Waals surface area contributed by atoms with Gasteiger partial charge in [0, 0.05) is 26.2 Å². The Kier molecular flexibility index (Phi) is 6.17. The number of hydrogen-bond donors (Lipinski definition) is 2. The molecule has 2 rings (SSSR count). The highest BCUT2D eigenvalue weighted by Gasteiger charge is 2.46. The van der Waals surface area contributed by atoms with Crippen molar-refractivity contribution >= 4 is 0 Å². The van der Waals surface area contributed by atoms with Crippen LogP contribution in [0.25, 0.3) is 0 Å². The van der Waals surface area contributed by atoms with E-state index >= 15 is 0 Å². The molecule has 0 aliphatic carbocycles. The number of piperazine rings is 1. The number of hydrogen-bond acceptors (Lipinski definition) is 4. The third-order valence-electron chi connectivity index (χ3n) is 3.81. The van der Waals surface area contributed by atoms with Gasteiger partial charge in [-0.3, -0.25) is 4.90 Å². The lowest BCUT2D eigenvalue weighted by Gasteiger charge is -2.38. The second-order valence-electron chi connectivity index (χ2n) is 5.64. The minimum absolute atomic E-state index is 0.108. The molecule has 0 radical (unpaired) electrons. The van der Waals surface area contributed by atoms with Gasteiger partial charge in [-0.05, 0) is 17.7 Å². The first-order valence-corrected chi connectivity index (χ1v) is 7.56. The fourth-order valence-corrected chi connectivity index (χ4v) is 2.70. The molecule has 1 aromatic carbocycles. The van der Waals surface area contributed by atoms with Crippen molar-refractivity contribution in [2.24, 2.45) is 0 Å². The quantitative estimate of drug-likeness (QED) is 0.722. The third-order valence-corrected chi connectivity index (χ3v) is 3.81. The molecule has 1 atom stereocenters. The van der Waals surface area contributed by atoms with Crippen molar-refractivity contribution in [3.63, 3.8) is 0 Å². The van der Waals surface area contributed by atoms with Gasteiger partial charge in [-0.15, -0.1) is 0 Å². The van der Waals surface area contributed by atoms with Gasteiger partial charge in [-0.2, -0.15) is 17.6 Å². The minimum Gasteiger partial charge on any atom is -0.428 e. The van der Waals surface area contributed by atoms with E-state index in [1.807, 2.05) is 0 Å². The number of nitrogens with one attached hydrogen (secondary N) is 1. The average molecular weight is 372 g/mol. The van der Waals surface area contributed by atoms with Crippen LogP contribution in [0.4, 0.5) is 26.3 Å². The van der Waals surface area contributed by atoms with E-state index in [1.54, 1.807) is 0 Å². The molecule has 0 unspecified atom stereocenters. The molecular formula is C15H18F6N2O2. The summed E-state index contributed by atoms with van der Waals surface area (Å²) in [5.41, 5.74) is -0.108. The smallest absolute Gasteiger partial charge is 0.428 e. The molecule has 4 nitrogen and oxygen atoms in total. The van der Waals surface area contributed by atoms with E-state index in [9.17, 15) is 26.3 Å². The molecule has 0 amide bonds. The lowest BCUT2D eigenvalue weighted by Crippen LogP contribution is -2.51. The van der Waals surface area contributed by atoms with Crippen LogP contribution in [0.1, 0.15) is 11.6 Å². The summed E-state index contributed by atoms with van der Waals surface area (Å²) in [5.74, 6) is -4.21. The highest BCUT2D eigenvalue weighted by Crippen LogP contribution is 2.38. The number of rotatable bonds is 7. The van der Waals surface area contributed by atoms with Crippen molar-refractivity contribution in [3.05, 3.63) is 29.8 Å². The van der Waals surface area contributed by atoms with Crippen molar-refractivity contribution < 1.29 is 36.2 Å². The van der Waals surface area contributed by atoms with Crippen LogP contribution in [0, 0.1) is 0 Å². The number of benzene rings is 1. The SMILES string of the molecule is OCC(F)(F)[C@H](c1cccc(OC(F)(F)C(F)F)c1)N1CCNCC1. The number of aliphatic hydroxyl groups is 1. The molecule has 0 saturated carbocycles. The fraction of sp³-hybridized carbons (Fsp3) is 0.600. The Morgan fingerprint density at radius 2 is 1.80 bits per heavy atom. The number of nitrogens with zero attached hydrogens (tertiary/aromatic N) is 1. The van der Waals surface area contributed by atoms with E-state index in [1.165, 1.54) is 11.0 Å². The molecule has 1 aliphatic heterocycles. The molecule has 1 aromatic rings. The van der Waals surface area contributed by atoms with E-state index in [4.69, 9.17) is 5.11 Å². The zero-order valence-electron chi connectivity index (χ0n) is 13.1. The number of halogens is 6. The lowest BCUT2D eigenvalue weighted by molar-refractivity contribution is -0.253. The van der Waals surface area contributed by atoms with Crippen molar-refractivity contribution in [2.75, 3.05) is 32.8 Å². The summed E-state index contributed by atoms with van der Waals surface area (Å²) < 4.78 is 83.1. The van der Waals surface area contributed by atoms with Crippen molar-refractivity contribution in [1.82, 2.24) is 10.2 Å². The predicted octanol–water partition coefficient (Wildman–Crippen LogP) is 2.50. The minimum atomic E-state index is -4.73. The van der Waals surface area contributed by atoms with Crippen LogP contribution in [-0.4, -0.2) is 61.2 Å². The monoisotopic (exact) mass is 372 g/mol. The predicted molar refractivity (Wildman–Crippen MR) is 77.2 cm³/mol. The fourth-order valence-electron chi connectivity index (χ4n) is 2.70. The molecule has 0 spiro atoms. The van der Waals surface area contributed by atoms with Crippen molar-refractivity contribution in [1.29, 1.82) is 0 Å². The molecule has 2 N–H and O–H groups in total. The van der Waals surface area contributed by atoms with Crippen molar-refractivity contribution in [3.8, 4) is 5.75 Å². The maximum absolute atomic E-state index is 14.3. The second kappa shape index (κ2) is 7.79. The molecule has 142 valence electrons. The third kappa shape index (κ3) is 4.77. The molecular weight excluding hydrogens is 354 g/mol. The van der Waals surface area contributed by atoms with Crippen LogP contribution >= 0.6 is 0 Å². The Morgan fingerprint density at radius 1 is 1.16 bits per heavy atom. The molecule has 10 heteroatoms. The van der Waals surface area contributed by atoms with Crippen LogP contribution in [0.3, 0.4) is 0 Å². The standard InChI is InChI=1S/C15H18F6N2O2/c16-13(17)15(20,21)25-11-3-1-2-10(8-11)12(14(18,19)9-24)23-6-4-22-5-7-23/h1-3,8,12-13,22,24H,4-7,9H2/t12-/m0/s1. The number of ether oxygens (including phenoxy) is 1. The summed E-state index contributed by atoms with van der Waals surface area (Å²) >= 11 is 0. The van der Waals surface area contributed by atoms with E-state index < -0.39 is 36.9 Å². The van der Waals surface area contributed by atoms with Gasteiger partial charge in [0.05, 0.1) is 0 Å². The molecule has 1 heterocycles. The Labute approximate surface area is 140 Å². The number of alkyl halides is 6. The summed E-state index contributed by atoms with van der Waals surface area (Å²) in [7, 11) is 0. The Morgan fingerprint density at radius 3 is 2.36 bits per heavy atom. The van der Waals surface area contributed by atoms with Gasteiger partial charge in [0.1, 0.15) is 18.4 Å². The summed E-state index contributed by atoms with van der Waals surface area (Å²) in [5, 5.41) is 12.0. The Hall–Kier alpha value is -1.52.